The third-order valence-corrected chi connectivity index (χ3v) is 5.01. The zero-order valence-corrected chi connectivity index (χ0v) is 14.3. The second kappa shape index (κ2) is 7.28. The summed E-state index contributed by atoms with van der Waals surface area (Å²) >= 11 is 0. The van der Waals surface area contributed by atoms with Gasteiger partial charge in [-0.3, -0.25) is 20.4 Å². The molecular weight excluding hydrogens is 348 g/mol. The average Bonchev–Trinajstić information content (AvgIpc) is 2.59. The van der Waals surface area contributed by atoms with E-state index in [9.17, 15) is 23.2 Å². The Kier molecular flexibility index (Phi) is 5.35. The van der Waals surface area contributed by atoms with Crippen LogP contribution >= 0.6 is 0 Å². The van der Waals surface area contributed by atoms with Gasteiger partial charge in [0.25, 0.3) is 11.8 Å². The number of hydrazine groups is 1. The summed E-state index contributed by atoms with van der Waals surface area (Å²) in [5.74, 6) is -1.38. The highest BCUT2D eigenvalue weighted by Crippen LogP contribution is 2.14. The van der Waals surface area contributed by atoms with Crippen molar-refractivity contribution in [1.82, 2.24) is 15.2 Å². The molecule has 9 nitrogen and oxygen atoms in total. The van der Waals surface area contributed by atoms with E-state index in [1.54, 1.807) is 0 Å². The molecular formula is C15H16N4O5S. The predicted molar refractivity (Wildman–Crippen MR) is 87.6 cm³/mol. The highest BCUT2D eigenvalue weighted by Gasteiger charge is 2.19. The lowest BCUT2D eigenvalue weighted by atomic mass is 10.2. The van der Waals surface area contributed by atoms with Gasteiger partial charge in [0, 0.05) is 25.7 Å². The summed E-state index contributed by atoms with van der Waals surface area (Å²) in [6.07, 6.45) is 2.26. The van der Waals surface area contributed by atoms with Crippen LogP contribution in [0.25, 0.3) is 0 Å². The van der Waals surface area contributed by atoms with E-state index in [2.05, 4.69) is 10.9 Å². The molecule has 25 heavy (non-hydrogen) atoms. The molecule has 0 saturated carbocycles. The molecule has 10 heteroatoms. The fourth-order valence-electron chi connectivity index (χ4n) is 1.86. The smallest absolute Gasteiger partial charge is 0.275 e. The molecule has 1 aromatic heterocycles. The summed E-state index contributed by atoms with van der Waals surface area (Å²) in [6.45, 7) is 0. The first-order valence-electron chi connectivity index (χ1n) is 7.04. The number of pyridine rings is 1. The van der Waals surface area contributed by atoms with E-state index in [0.29, 0.717) is 4.73 Å². The predicted octanol–water partition coefficient (Wildman–Crippen LogP) is -0.355. The zero-order valence-electron chi connectivity index (χ0n) is 13.5. The Morgan fingerprint density at radius 1 is 1.04 bits per heavy atom. The van der Waals surface area contributed by atoms with Crippen molar-refractivity contribution in [2.45, 2.75) is 4.90 Å². The van der Waals surface area contributed by atoms with Crippen LogP contribution in [0.15, 0.2) is 53.7 Å². The van der Waals surface area contributed by atoms with Crippen LogP contribution in [0.2, 0.25) is 0 Å². The number of carbonyl (C=O) groups is 2. The van der Waals surface area contributed by atoms with Crippen molar-refractivity contribution in [1.29, 1.82) is 0 Å². The van der Waals surface area contributed by atoms with Gasteiger partial charge in [-0.05, 0) is 24.3 Å². The molecule has 0 spiro atoms. The number of nitrogens with zero attached hydrogens (tertiary/aromatic N) is 2. The van der Waals surface area contributed by atoms with Crippen molar-refractivity contribution in [2.75, 3.05) is 14.1 Å². The monoisotopic (exact) mass is 364 g/mol. The highest BCUT2D eigenvalue weighted by atomic mass is 32.2. The number of amides is 2. The van der Waals surface area contributed by atoms with Gasteiger partial charge in [-0.15, -0.1) is 0 Å². The lowest BCUT2D eigenvalue weighted by molar-refractivity contribution is -0.605. The van der Waals surface area contributed by atoms with E-state index in [1.807, 2.05) is 0 Å². The number of hydrogen-bond acceptors (Lipinski definition) is 5. The number of benzene rings is 1. The molecule has 0 aliphatic heterocycles. The number of nitrogens with one attached hydrogen (secondary N) is 2. The molecule has 2 rings (SSSR count). The maximum absolute atomic E-state index is 12.1. The van der Waals surface area contributed by atoms with E-state index >= 15 is 0 Å². The van der Waals surface area contributed by atoms with Crippen LogP contribution in [0.3, 0.4) is 0 Å². The van der Waals surface area contributed by atoms with Crippen LogP contribution < -0.4 is 15.6 Å². The molecule has 0 saturated heterocycles. The molecule has 1 heterocycles. The van der Waals surface area contributed by atoms with Crippen LogP contribution in [0.1, 0.15) is 20.7 Å². The maximum Gasteiger partial charge on any atom is 0.275 e. The molecule has 0 radical (unpaired) electrons. The molecule has 132 valence electrons. The standard InChI is InChI=1S/C15H16N4O5S/c1-18(2)25(23,24)13-7-3-5-11(9-13)14(20)16-17-15(21)12-6-4-8-19(22)10-12/h3-10H,1-2H3,(H,16,20)(H,17,21). The first kappa shape index (κ1) is 18.4. The molecule has 0 bridgehead atoms. The van der Waals surface area contributed by atoms with Gasteiger partial charge in [0.2, 0.25) is 10.0 Å². The lowest BCUT2D eigenvalue weighted by Crippen LogP contribution is -2.42. The van der Waals surface area contributed by atoms with E-state index < -0.39 is 21.8 Å². The van der Waals surface area contributed by atoms with E-state index in [4.69, 9.17) is 0 Å². The number of rotatable bonds is 4. The first-order valence-corrected chi connectivity index (χ1v) is 8.48. The van der Waals surface area contributed by atoms with Crippen LogP contribution in [-0.2, 0) is 10.0 Å². The molecule has 2 aromatic rings. The van der Waals surface area contributed by atoms with Gasteiger partial charge < -0.3 is 5.21 Å². The average molecular weight is 364 g/mol. The van der Waals surface area contributed by atoms with Crippen LogP contribution in [0, 0.1) is 5.21 Å². The van der Waals surface area contributed by atoms with Crippen LogP contribution in [0.4, 0.5) is 0 Å². The summed E-state index contributed by atoms with van der Waals surface area (Å²) in [6, 6.07) is 8.18. The lowest BCUT2D eigenvalue weighted by Gasteiger charge is -2.12. The SMILES string of the molecule is CN(C)S(=O)(=O)c1cccc(C(=O)NNC(=O)c2ccc[n+]([O-])c2)c1. The van der Waals surface area contributed by atoms with Crippen LogP contribution in [0.5, 0.6) is 0 Å². The Balaban J connectivity index is 2.10. The van der Waals surface area contributed by atoms with Gasteiger partial charge in [0.05, 0.1) is 4.90 Å². The Morgan fingerprint density at radius 3 is 2.24 bits per heavy atom. The minimum Gasteiger partial charge on any atom is -0.619 e. The third kappa shape index (κ3) is 4.31. The molecule has 2 amide bonds. The summed E-state index contributed by atoms with van der Waals surface area (Å²) in [7, 11) is -0.925. The number of aromatic nitrogens is 1. The van der Waals surface area contributed by atoms with Crippen molar-refractivity contribution in [3.05, 3.63) is 65.1 Å². The minimum absolute atomic E-state index is 0.0491. The van der Waals surface area contributed by atoms with Crippen molar-refractivity contribution in [3.8, 4) is 0 Å². The Hall–Kier alpha value is -2.98. The molecule has 0 atom stereocenters. The quantitative estimate of drug-likeness (QED) is 0.436. The van der Waals surface area contributed by atoms with Gasteiger partial charge in [-0.1, -0.05) is 6.07 Å². The Labute approximate surface area is 144 Å². The third-order valence-electron chi connectivity index (χ3n) is 3.20. The van der Waals surface area contributed by atoms with Crippen molar-refractivity contribution in [2.24, 2.45) is 0 Å². The normalized spacial score (nSPS) is 11.2. The molecule has 2 N–H and O–H groups in total. The topological polar surface area (TPSA) is 123 Å². The van der Waals surface area contributed by atoms with Gasteiger partial charge in [-0.2, -0.15) is 4.73 Å². The number of carbonyl (C=O) groups excluding carboxylic acids is 2. The minimum atomic E-state index is -3.68. The Morgan fingerprint density at radius 2 is 1.64 bits per heavy atom. The van der Waals surface area contributed by atoms with E-state index in [1.165, 1.54) is 56.7 Å². The molecule has 1 aromatic carbocycles. The van der Waals surface area contributed by atoms with Crippen molar-refractivity contribution >= 4 is 21.8 Å². The van der Waals surface area contributed by atoms with Crippen LogP contribution in [-0.4, -0.2) is 38.6 Å². The summed E-state index contributed by atoms with van der Waals surface area (Å²) < 4.78 is 25.6. The first-order chi connectivity index (χ1) is 11.7. The van der Waals surface area contributed by atoms with E-state index in [-0.39, 0.29) is 16.0 Å². The van der Waals surface area contributed by atoms with E-state index in [0.717, 1.165) is 10.5 Å². The Bertz CT molecular complexity index is 912. The zero-order chi connectivity index (χ0) is 18.6. The van der Waals surface area contributed by atoms with Gasteiger partial charge in [-0.25, -0.2) is 12.7 Å². The fraction of sp³-hybridized carbons (Fsp3) is 0.133. The summed E-state index contributed by atoms with van der Waals surface area (Å²) in [5.41, 5.74) is 4.43. The second-order valence-electron chi connectivity index (χ2n) is 5.18. The molecule has 0 unspecified atom stereocenters. The summed E-state index contributed by atoms with van der Waals surface area (Å²) in [4.78, 5) is 23.9. The van der Waals surface area contributed by atoms with Gasteiger partial charge >= 0.3 is 0 Å². The van der Waals surface area contributed by atoms with Crippen molar-refractivity contribution in [3.63, 3.8) is 0 Å². The van der Waals surface area contributed by atoms with Gasteiger partial charge in [0.1, 0.15) is 5.56 Å². The summed E-state index contributed by atoms with van der Waals surface area (Å²) in [5, 5.41) is 11.1. The van der Waals surface area contributed by atoms with Gasteiger partial charge in [0.15, 0.2) is 12.4 Å². The number of hydrogen-bond donors (Lipinski definition) is 2. The molecule has 0 aliphatic carbocycles. The molecule has 0 fully saturated rings. The molecule has 0 aliphatic rings. The van der Waals surface area contributed by atoms with Crippen molar-refractivity contribution < 1.29 is 22.7 Å². The fourth-order valence-corrected chi connectivity index (χ4v) is 2.80. The highest BCUT2D eigenvalue weighted by molar-refractivity contribution is 7.89. The second-order valence-corrected chi connectivity index (χ2v) is 7.33. The number of sulfonamides is 1. The maximum atomic E-state index is 12.1. The largest absolute Gasteiger partial charge is 0.619 e.